The second-order valence-corrected chi connectivity index (χ2v) is 5.58. The normalized spacial score (nSPS) is 21.5. The highest BCUT2D eigenvalue weighted by Crippen LogP contribution is 2.28. The van der Waals surface area contributed by atoms with Crippen LogP contribution in [0.2, 0.25) is 10.0 Å². The summed E-state index contributed by atoms with van der Waals surface area (Å²) in [4.78, 5) is 23.7. The zero-order chi connectivity index (χ0) is 14.7. The molecule has 2 atom stereocenters. The molecule has 0 heterocycles. The summed E-state index contributed by atoms with van der Waals surface area (Å²) < 4.78 is 0. The van der Waals surface area contributed by atoms with Crippen LogP contribution in [0.4, 0.5) is 5.69 Å². The Morgan fingerprint density at radius 3 is 2.15 bits per heavy atom. The van der Waals surface area contributed by atoms with Crippen molar-refractivity contribution in [1.82, 2.24) is 0 Å². The predicted molar refractivity (Wildman–Crippen MR) is 79.6 cm³/mol. The molecular weight excluding hydrogens is 299 g/mol. The summed E-state index contributed by atoms with van der Waals surface area (Å²) in [6, 6.07) is 4.78. The second-order valence-electron chi connectivity index (χ2n) is 4.71. The number of anilines is 1. The quantitative estimate of drug-likeness (QED) is 0.842. The van der Waals surface area contributed by atoms with Gasteiger partial charge in [0.25, 0.3) is 0 Å². The van der Waals surface area contributed by atoms with Crippen LogP contribution in [-0.2, 0) is 9.59 Å². The number of hydrogen-bond donors (Lipinski definition) is 2. The van der Waals surface area contributed by atoms with Crippen molar-refractivity contribution in [3.8, 4) is 0 Å². The number of primary amides is 1. The SMILES string of the molecule is NC(=O)[C@@H]1CC=CC[C@@H]1C(=O)Nc1cc(Cl)cc(Cl)c1. The molecule has 0 unspecified atom stereocenters. The van der Waals surface area contributed by atoms with E-state index in [0.717, 1.165) is 0 Å². The molecule has 0 fully saturated rings. The second kappa shape index (κ2) is 6.29. The number of nitrogens with two attached hydrogens (primary N) is 1. The van der Waals surface area contributed by atoms with Crippen LogP contribution in [0.1, 0.15) is 12.8 Å². The van der Waals surface area contributed by atoms with E-state index in [1.807, 2.05) is 12.2 Å². The fourth-order valence-corrected chi connectivity index (χ4v) is 2.81. The van der Waals surface area contributed by atoms with Crippen LogP contribution in [0.3, 0.4) is 0 Å². The van der Waals surface area contributed by atoms with E-state index in [1.54, 1.807) is 18.2 Å². The van der Waals surface area contributed by atoms with E-state index in [1.165, 1.54) is 0 Å². The number of carbonyl (C=O) groups excluding carboxylic acids is 2. The first-order chi connectivity index (χ1) is 9.47. The molecule has 4 nitrogen and oxygen atoms in total. The van der Waals surface area contributed by atoms with Gasteiger partial charge in [-0.05, 0) is 31.0 Å². The predicted octanol–water partition coefficient (Wildman–Crippen LogP) is 3.00. The van der Waals surface area contributed by atoms with Gasteiger partial charge in [0.2, 0.25) is 11.8 Å². The molecular formula is C14H14Cl2N2O2. The van der Waals surface area contributed by atoms with Crippen LogP contribution < -0.4 is 11.1 Å². The minimum absolute atomic E-state index is 0.253. The molecule has 2 amide bonds. The van der Waals surface area contributed by atoms with E-state index < -0.39 is 17.7 Å². The molecule has 0 saturated carbocycles. The molecule has 0 spiro atoms. The zero-order valence-electron chi connectivity index (χ0n) is 10.6. The average Bonchev–Trinajstić information content (AvgIpc) is 2.37. The third-order valence-electron chi connectivity index (χ3n) is 3.26. The van der Waals surface area contributed by atoms with Crippen LogP contribution in [0.15, 0.2) is 30.4 Å². The van der Waals surface area contributed by atoms with Crippen molar-refractivity contribution in [1.29, 1.82) is 0 Å². The van der Waals surface area contributed by atoms with Gasteiger partial charge in [0.15, 0.2) is 0 Å². The molecule has 3 N–H and O–H groups in total. The largest absolute Gasteiger partial charge is 0.369 e. The Morgan fingerprint density at radius 2 is 1.60 bits per heavy atom. The van der Waals surface area contributed by atoms with E-state index >= 15 is 0 Å². The minimum Gasteiger partial charge on any atom is -0.369 e. The van der Waals surface area contributed by atoms with Gasteiger partial charge >= 0.3 is 0 Å². The molecule has 1 aromatic rings. The van der Waals surface area contributed by atoms with Crippen molar-refractivity contribution in [3.05, 3.63) is 40.4 Å². The van der Waals surface area contributed by atoms with E-state index in [-0.39, 0.29) is 5.91 Å². The van der Waals surface area contributed by atoms with Gasteiger partial charge in [-0.2, -0.15) is 0 Å². The zero-order valence-corrected chi connectivity index (χ0v) is 12.1. The Kier molecular flexibility index (Phi) is 4.68. The summed E-state index contributed by atoms with van der Waals surface area (Å²) in [5, 5.41) is 3.59. The Labute approximate surface area is 126 Å². The van der Waals surface area contributed by atoms with Crippen molar-refractivity contribution < 1.29 is 9.59 Å². The molecule has 0 radical (unpaired) electrons. The standard InChI is InChI=1S/C14H14Cl2N2O2/c15-8-5-9(16)7-10(6-8)18-14(20)12-4-2-1-3-11(12)13(17)19/h1-2,5-7,11-12H,3-4H2,(H2,17,19)(H,18,20)/t11-,12+/m1/s1. The summed E-state index contributed by atoms with van der Waals surface area (Å²) >= 11 is 11.8. The highest BCUT2D eigenvalue weighted by Gasteiger charge is 2.32. The van der Waals surface area contributed by atoms with Crippen molar-refractivity contribution >= 4 is 40.7 Å². The van der Waals surface area contributed by atoms with Crippen molar-refractivity contribution in [2.45, 2.75) is 12.8 Å². The van der Waals surface area contributed by atoms with Gasteiger partial charge < -0.3 is 11.1 Å². The Bertz CT molecular complexity index is 552. The Balaban J connectivity index is 2.14. The van der Waals surface area contributed by atoms with Crippen LogP contribution in [0.5, 0.6) is 0 Å². The molecule has 0 bridgehead atoms. The molecule has 2 rings (SSSR count). The number of halogens is 2. The average molecular weight is 313 g/mol. The number of amides is 2. The number of carbonyl (C=O) groups is 2. The van der Waals surface area contributed by atoms with Gasteiger partial charge in [0, 0.05) is 15.7 Å². The first-order valence-corrected chi connectivity index (χ1v) is 6.94. The van der Waals surface area contributed by atoms with Gasteiger partial charge in [-0.15, -0.1) is 0 Å². The molecule has 20 heavy (non-hydrogen) atoms. The molecule has 0 saturated heterocycles. The summed E-state index contributed by atoms with van der Waals surface area (Å²) in [5.41, 5.74) is 5.85. The first kappa shape index (κ1) is 14.9. The lowest BCUT2D eigenvalue weighted by atomic mass is 9.82. The number of allylic oxidation sites excluding steroid dienone is 2. The number of rotatable bonds is 3. The monoisotopic (exact) mass is 312 g/mol. The molecule has 6 heteroatoms. The molecule has 0 aromatic heterocycles. The highest BCUT2D eigenvalue weighted by atomic mass is 35.5. The van der Waals surface area contributed by atoms with Gasteiger partial charge in [-0.25, -0.2) is 0 Å². The lowest BCUT2D eigenvalue weighted by molar-refractivity contribution is -0.130. The fraction of sp³-hybridized carbons (Fsp3) is 0.286. The molecule has 1 aliphatic carbocycles. The Morgan fingerprint density at radius 1 is 1.05 bits per heavy atom. The maximum atomic E-state index is 12.3. The van der Waals surface area contributed by atoms with E-state index in [9.17, 15) is 9.59 Å². The topological polar surface area (TPSA) is 72.2 Å². The van der Waals surface area contributed by atoms with Crippen LogP contribution in [0, 0.1) is 11.8 Å². The number of hydrogen-bond acceptors (Lipinski definition) is 2. The van der Waals surface area contributed by atoms with Crippen LogP contribution in [0.25, 0.3) is 0 Å². The molecule has 1 aliphatic rings. The maximum Gasteiger partial charge on any atom is 0.228 e. The maximum absolute atomic E-state index is 12.3. The van der Waals surface area contributed by atoms with Crippen molar-refractivity contribution in [3.63, 3.8) is 0 Å². The van der Waals surface area contributed by atoms with E-state index in [4.69, 9.17) is 28.9 Å². The summed E-state index contributed by atoms with van der Waals surface area (Å²) in [5.74, 6) is -1.65. The molecule has 106 valence electrons. The summed E-state index contributed by atoms with van der Waals surface area (Å²) in [6.07, 6.45) is 4.74. The van der Waals surface area contributed by atoms with Gasteiger partial charge in [-0.3, -0.25) is 9.59 Å². The van der Waals surface area contributed by atoms with Gasteiger partial charge in [0.1, 0.15) is 0 Å². The highest BCUT2D eigenvalue weighted by molar-refractivity contribution is 6.35. The van der Waals surface area contributed by atoms with Crippen LogP contribution >= 0.6 is 23.2 Å². The number of nitrogens with one attached hydrogen (secondary N) is 1. The van der Waals surface area contributed by atoms with Gasteiger partial charge in [0.05, 0.1) is 11.8 Å². The lowest BCUT2D eigenvalue weighted by Crippen LogP contribution is -2.38. The molecule has 0 aliphatic heterocycles. The number of benzene rings is 1. The summed E-state index contributed by atoms with van der Waals surface area (Å²) in [7, 11) is 0. The van der Waals surface area contributed by atoms with Crippen molar-refractivity contribution in [2.24, 2.45) is 17.6 Å². The third kappa shape index (κ3) is 3.52. The van der Waals surface area contributed by atoms with E-state index in [0.29, 0.717) is 28.6 Å². The van der Waals surface area contributed by atoms with Crippen molar-refractivity contribution in [2.75, 3.05) is 5.32 Å². The van der Waals surface area contributed by atoms with E-state index in [2.05, 4.69) is 5.32 Å². The summed E-state index contributed by atoms with van der Waals surface area (Å²) in [6.45, 7) is 0. The third-order valence-corrected chi connectivity index (χ3v) is 3.70. The minimum atomic E-state index is -0.477. The van der Waals surface area contributed by atoms with Crippen LogP contribution in [-0.4, -0.2) is 11.8 Å². The first-order valence-electron chi connectivity index (χ1n) is 6.18. The fourth-order valence-electron chi connectivity index (χ4n) is 2.28. The Hall–Kier alpha value is -1.52. The molecule has 1 aromatic carbocycles. The van der Waals surface area contributed by atoms with Gasteiger partial charge in [-0.1, -0.05) is 35.4 Å². The smallest absolute Gasteiger partial charge is 0.228 e. The lowest BCUT2D eigenvalue weighted by Gasteiger charge is -2.25.